The summed E-state index contributed by atoms with van der Waals surface area (Å²) in [6.45, 7) is 1.70. The lowest BCUT2D eigenvalue weighted by Gasteiger charge is -2.09. The van der Waals surface area contributed by atoms with Crippen LogP contribution in [-0.4, -0.2) is 23.5 Å². The maximum absolute atomic E-state index is 12.0. The van der Waals surface area contributed by atoms with E-state index in [-0.39, 0.29) is 5.69 Å². The monoisotopic (exact) mass is 260 g/mol. The summed E-state index contributed by atoms with van der Waals surface area (Å²) in [6, 6.07) is 4.57. The number of oxime groups is 1. The summed E-state index contributed by atoms with van der Waals surface area (Å²) in [7, 11) is 0. The molecule has 0 saturated heterocycles. The molecule has 2 N–H and O–H groups in total. The third-order valence-corrected chi connectivity index (χ3v) is 1.95. The van der Waals surface area contributed by atoms with Gasteiger partial charge in [-0.05, 0) is 30.2 Å². The Balaban J connectivity index is 2.81. The molecule has 0 aliphatic rings. The van der Waals surface area contributed by atoms with Crippen LogP contribution in [0.3, 0.4) is 0 Å². The van der Waals surface area contributed by atoms with Gasteiger partial charge in [-0.2, -0.15) is 13.2 Å². The smallest absolute Gasteiger partial charge is 0.397 e. The predicted octanol–water partition coefficient (Wildman–Crippen LogP) is 2.69. The summed E-state index contributed by atoms with van der Waals surface area (Å²) >= 11 is 0. The number of halogens is 3. The molecular weight excluding hydrogens is 249 g/mol. The number of nitrogens with zero attached hydrogens (tertiary/aromatic N) is 1. The zero-order chi connectivity index (χ0) is 13.8. The van der Waals surface area contributed by atoms with Gasteiger partial charge in [0.25, 0.3) is 0 Å². The molecule has 0 aliphatic heterocycles. The van der Waals surface area contributed by atoms with E-state index in [9.17, 15) is 18.0 Å². The van der Waals surface area contributed by atoms with E-state index in [1.807, 2.05) is 0 Å². The molecule has 0 aromatic heterocycles. The van der Waals surface area contributed by atoms with Gasteiger partial charge in [0.15, 0.2) is 0 Å². The van der Waals surface area contributed by atoms with Gasteiger partial charge in [-0.1, -0.05) is 11.2 Å². The normalized spacial score (nSPS) is 11.8. The van der Waals surface area contributed by atoms with Crippen LogP contribution in [0.4, 0.5) is 18.9 Å². The van der Waals surface area contributed by atoms with Gasteiger partial charge < -0.3 is 10.5 Å². The Bertz CT molecular complexity index is 470. The number of hydrogen-bond acceptors (Lipinski definition) is 3. The molecule has 0 saturated carbocycles. The first-order valence-corrected chi connectivity index (χ1v) is 4.96. The van der Waals surface area contributed by atoms with E-state index in [4.69, 9.17) is 5.21 Å². The van der Waals surface area contributed by atoms with E-state index < -0.39 is 18.5 Å². The van der Waals surface area contributed by atoms with E-state index >= 15 is 0 Å². The minimum atomic E-state index is -4.54. The highest BCUT2D eigenvalue weighted by atomic mass is 19.4. The number of anilines is 1. The van der Waals surface area contributed by atoms with Crippen molar-refractivity contribution in [2.75, 3.05) is 5.32 Å². The van der Waals surface area contributed by atoms with Gasteiger partial charge in [-0.3, -0.25) is 4.79 Å². The van der Waals surface area contributed by atoms with Gasteiger partial charge in [0, 0.05) is 5.69 Å². The number of nitrogens with one attached hydrogen (secondary N) is 1. The van der Waals surface area contributed by atoms with Crippen molar-refractivity contribution in [1.29, 1.82) is 0 Å². The highest BCUT2D eigenvalue weighted by molar-refractivity contribution is 5.92. The van der Waals surface area contributed by atoms with Crippen LogP contribution in [0.2, 0.25) is 0 Å². The second kappa shape index (κ2) is 5.52. The molecular formula is C11H11F3N2O2. The predicted molar refractivity (Wildman–Crippen MR) is 59.9 cm³/mol. The molecule has 1 aromatic rings. The molecule has 0 radical (unpaired) electrons. The van der Waals surface area contributed by atoms with Gasteiger partial charge in [-0.15, -0.1) is 0 Å². The van der Waals surface area contributed by atoms with Crippen molar-refractivity contribution < 1.29 is 23.2 Å². The van der Waals surface area contributed by atoms with Crippen LogP contribution in [-0.2, 0) is 4.79 Å². The van der Waals surface area contributed by atoms with Crippen LogP contribution in [0.1, 0.15) is 17.5 Å². The Morgan fingerprint density at radius 1 is 1.44 bits per heavy atom. The molecule has 0 spiro atoms. The first-order valence-electron chi connectivity index (χ1n) is 4.96. The average Bonchev–Trinajstić information content (AvgIpc) is 2.12. The summed E-state index contributed by atoms with van der Waals surface area (Å²) in [5, 5.41) is 13.3. The van der Waals surface area contributed by atoms with Gasteiger partial charge in [0.05, 0.1) is 6.21 Å². The molecule has 0 bridgehead atoms. The number of amides is 1. The standard InChI is InChI=1S/C11H11F3N2O2/c1-7-2-8(6-15-18)4-9(3-7)16-10(17)5-11(12,13)14/h2-4,6,18H,5H2,1H3,(H,16,17). The molecule has 1 rings (SSSR count). The molecule has 0 fully saturated rings. The van der Waals surface area contributed by atoms with Crippen molar-refractivity contribution in [1.82, 2.24) is 0 Å². The number of benzene rings is 1. The second-order valence-corrected chi connectivity index (χ2v) is 3.72. The van der Waals surface area contributed by atoms with Gasteiger partial charge >= 0.3 is 6.18 Å². The third-order valence-electron chi connectivity index (χ3n) is 1.95. The fraction of sp³-hybridized carbons (Fsp3) is 0.273. The lowest BCUT2D eigenvalue weighted by Crippen LogP contribution is -2.21. The Hall–Kier alpha value is -2.05. The van der Waals surface area contributed by atoms with Gasteiger partial charge in [-0.25, -0.2) is 0 Å². The number of rotatable bonds is 3. The minimum Gasteiger partial charge on any atom is -0.411 e. The summed E-state index contributed by atoms with van der Waals surface area (Å²) in [6.07, 6.45) is -4.96. The molecule has 18 heavy (non-hydrogen) atoms. The van der Waals surface area contributed by atoms with Crippen molar-refractivity contribution in [3.05, 3.63) is 29.3 Å². The van der Waals surface area contributed by atoms with Crippen LogP contribution >= 0.6 is 0 Å². The number of alkyl halides is 3. The van der Waals surface area contributed by atoms with Crippen molar-refractivity contribution in [3.8, 4) is 0 Å². The van der Waals surface area contributed by atoms with Gasteiger partial charge in [0.2, 0.25) is 5.91 Å². The molecule has 0 atom stereocenters. The van der Waals surface area contributed by atoms with Crippen LogP contribution in [0.5, 0.6) is 0 Å². The second-order valence-electron chi connectivity index (χ2n) is 3.72. The van der Waals surface area contributed by atoms with E-state index in [2.05, 4.69) is 10.5 Å². The van der Waals surface area contributed by atoms with Crippen LogP contribution in [0.25, 0.3) is 0 Å². The molecule has 1 aromatic carbocycles. The zero-order valence-electron chi connectivity index (χ0n) is 9.45. The maximum Gasteiger partial charge on any atom is 0.397 e. The van der Waals surface area contributed by atoms with E-state index in [0.717, 1.165) is 11.8 Å². The van der Waals surface area contributed by atoms with Crippen LogP contribution < -0.4 is 5.32 Å². The van der Waals surface area contributed by atoms with Crippen LogP contribution in [0, 0.1) is 6.92 Å². The Morgan fingerprint density at radius 3 is 2.67 bits per heavy atom. The highest BCUT2D eigenvalue weighted by Crippen LogP contribution is 2.21. The summed E-state index contributed by atoms with van der Waals surface area (Å²) in [5.74, 6) is -1.14. The number of carbonyl (C=O) groups is 1. The Morgan fingerprint density at radius 2 is 2.11 bits per heavy atom. The largest absolute Gasteiger partial charge is 0.411 e. The third kappa shape index (κ3) is 4.86. The van der Waals surface area contributed by atoms with E-state index in [1.165, 1.54) is 12.1 Å². The Kier molecular flexibility index (Phi) is 4.30. The zero-order valence-corrected chi connectivity index (χ0v) is 9.45. The van der Waals surface area contributed by atoms with Crippen molar-refractivity contribution in [2.45, 2.75) is 19.5 Å². The molecule has 7 heteroatoms. The Labute approximate surface area is 101 Å². The number of hydrogen-bond donors (Lipinski definition) is 2. The summed E-state index contributed by atoms with van der Waals surface area (Å²) in [5.41, 5.74) is 1.41. The lowest BCUT2D eigenvalue weighted by atomic mass is 10.1. The molecule has 0 heterocycles. The first kappa shape index (κ1) is 14.0. The first-order chi connectivity index (χ1) is 8.30. The fourth-order valence-electron chi connectivity index (χ4n) is 1.41. The molecule has 0 unspecified atom stereocenters. The van der Waals surface area contributed by atoms with E-state index in [0.29, 0.717) is 5.56 Å². The quantitative estimate of drug-likeness (QED) is 0.498. The van der Waals surface area contributed by atoms with Gasteiger partial charge in [0.1, 0.15) is 6.42 Å². The molecule has 4 nitrogen and oxygen atoms in total. The van der Waals surface area contributed by atoms with Crippen LogP contribution in [0.15, 0.2) is 23.4 Å². The summed E-state index contributed by atoms with van der Waals surface area (Å²) in [4.78, 5) is 11.1. The summed E-state index contributed by atoms with van der Waals surface area (Å²) < 4.78 is 35.9. The maximum atomic E-state index is 12.0. The number of aryl methyl sites for hydroxylation is 1. The SMILES string of the molecule is Cc1cc(C=NO)cc(NC(=O)CC(F)(F)F)c1. The highest BCUT2D eigenvalue weighted by Gasteiger charge is 2.31. The molecule has 0 aliphatic carbocycles. The number of carbonyl (C=O) groups excluding carboxylic acids is 1. The van der Waals surface area contributed by atoms with Crippen molar-refractivity contribution in [3.63, 3.8) is 0 Å². The minimum absolute atomic E-state index is 0.221. The lowest BCUT2D eigenvalue weighted by molar-refractivity contribution is -0.150. The molecule has 98 valence electrons. The molecule has 1 amide bonds. The fourth-order valence-corrected chi connectivity index (χ4v) is 1.41. The topological polar surface area (TPSA) is 61.7 Å². The van der Waals surface area contributed by atoms with E-state index in [1.54, 1.807) is 13.0 Å². The average molecular weight is 260 g/mol. The van der Waals surface area contributed by atoms with Crippen molar-refractivity contribution >= 4 is 17.8 Å². The van der Waals surface area contributed by atoms with Crippen molar-refractivity contribution in [2.24, 2.45) is 5.16 Å².